The Kier molecular flexibility index (Phi) is 6.00. The zero-order chi connectivity index (χ0) is 13.3. The summed E-state index contributed by atoms with van der Waals surface area (Å²) in [4.78, 5) is 10.9. The highest BCUT2D eigenvalue weighted by atomic mass is 16.5. The first-order valence-electron chi connectivity index (χ1n) is 6.85. The first-order chi connectivity index (χ1) is 9.40. The minimum atomic E-state index is 0.263. The quantitative estimate of drug-likeness (QED) is 0.686. The lowest BCUT2D eigenvalue weighted by Crippen LogP contribution is -2.37. The van der Waals surface area contributed by atoms with E-state index < -0.39 is 0 Å². The van der Waals surface area contributed by atoms with Gasteiger partial charge in [-0.3, -0.25) is 0 Å². The van der Waals surface area contributed by atoms with Crippen LogP contribution in [0.25, 0.3) is 0 Å². The summed E-state index contributed by atoms with van der Waals surface area (Å²) in [6.07, 6.45) is 5.58. The minimum Gasteiger partial charge on any atom is -0.396 e. The monoisotopic (exact) mass is 266 g/mol. The number of hydrogen-bond acceptors (Lipinski definition) is 6. The third-order valence-corrected chi connectivity index (χ3v) is 3.08. The number of nitrogens with zero attached hydrogens (tertiary/aromatic N) is 3. The molecule has 1 fully saturated rings. The van der Waals surface area contributed by atoms with Gasteiger partial charge in [-0.15, -0.1) is 0 Å². The van der Waals surface area contributed by atoms with Crippen LogP contribution in [0.3, 0.4) is 0 Å². The van der Waals surface area contributed by atoms with Gasteiger partial charge in [0, 0.05) is 44.2 Å². The molecule has 0 radical (unpaired) electrons. The molecule has 0 atom stereocenters. The van der Waals surface area contributed by atoms with Gasteiger partial charge in [0.25, 0.3) is 0 Å². The molecule has 0 aromatic carbocycles. The fraction of sp³-hybridized carbons (Fsp3) is 0.692. The van der Waals surface area contributed by atoms with Crippen molar-refractivity contribution in [2.24, 2.45) is 0 Å². The number of morpholine rings is 1. The summed E-state index contributed by atoms with van der Waals surface area (Å²) in [6.45, 7) is 5.16. The van der Waals surface area contributed by atoms with Crippen LogP contribution in [-0.4, -0.2) is 54.5 Å². The third-order valence-electron chi connectivity index (χ3n) is 3.08. The maximum absolute atomic E-state index is 8.68. The zero-order valence-electron chi connectivity index (χ0n) is 11.2. The molecule has 0 spiro atoms. The van der Waals surface area contributed by atoms with Crippen molar-refractivity contribution in [1.82, 2.24) is 15.3 Å². The second kappa shape index (κ2) is 8.04. The van der Waals surface area contributed by atoms with Gasteiger partial charge in [0.1, 0.15) is 0 Å². The second-order valence-corrected chi connectivity index (χ2v) is 4.60. The molecule has 0 unspecified atom stereocenters. The summed E-state index contributed by atoms with van der Waals surface area (Å²) in [5, 5.41) is 12.0. The van der Waals surface area contributed by atoms with E-state index in [0.29, 0.717) is 0 Å². The van der Waals surface area contributed by atoms with Crippen LogP contribution >= 0.6 is 0 Å². The highest BCUT2D eigenvalue weighted by Gasteiger charge is 2.13. The smallest absolute Gasteiger partial charge is 0.225 e. The molecule has 2 N–H and O–H groups in total. The normalized spacial score (nSPS) is 15.7. The minimum absolute atomic E-state index is 0.263. The fourth-order valence-corrected chi connectivity index (χ4v) is 1.96. The van der Waals surface area contributed by atoms with Crippen LogP contribution in [0.5, 0.6) is 0 Å². The Morgan fingerprint density at radius 3 is 2.63 bits per heavy atom. The summed E-state index contributed by atoms with van der Waals surface area (Å²) in [6, 6.07) is 0. The fourth-order valence-electron chi connectivity index (χ4n) is 1.96. The standard InChI is InChI=1S/C13H22N4O2/c18-6-2-1-3-14-9-12-10-15-13(16-11-12)17-4-7-19-8-5-17/h10-11,14,18H,1-9H2. The number of aliphatic hydroxyl groups excluding tert-OH is 1. The molecule has 2 heterocycles. The predicted octanol–water partition coefficient (Wildman–Crippen LogP) is 0.175. The topological polar surface area (TPSA) is 70.5 Å². The molecule has 106 valence electrons. The number of nitrogens with one attached hydrogen (secondary N) is 1. The van der Waals surface area contributed by atoms with E-state index in [0.717, 1.165) is 63.7 Å². The van der Waals surface area contributed by atoms with Crippen LogP contribution in [0, 0.1) is 0 Å². The van der Waals surface area contributed by atoms with Gasteiger partial charge in [-0.05, 0) is 19.4 Å². The lowest BCUT2D eigenvalue weighted by molar-refractivity contribution is 0.122. The van der Waals surface area contributed by atoms with Crippen molar-refractivity contribution in [3.05, 3.63) is 18.0 Å². The van der Waals surface area contributed by atoms with Crippen molar-refractivity contribution in [2.45, 2.75) is 19.4 Å². The van der Waals surface area contributed by atoms with Gasteiger partial charge in [-0.25, -0.2) is 9.97 Å². The van der Waals surface area contributed by atoms with E-state index in [4.69, 9.17) is 9.84 Å². The van der Waals surface area contributed by atoms with E-state index >= 15 is 0 Å². The van der Waals surface area contributed by atoms with E-state index in [1.165, 1.54) is 0 Å². The molecule has 1 saturated heterocycles. The average molecular weight is 266 g/mol. The Balaban J connectivity index is 1.74. The van der Waals surface area contributed by atoms with Crippen molar-refractivity contribution in [2.75, 3.05) is 44.4 Å². The largest absolute Gasteiger partial charge is 0.396 e. The number of aromatic nitrogens is 2. The predicted molar refractivity (Wildman–Crippen MR) is 73.1 cm³/mol. The van der Waals surface area contributed by atoms with E-state index in [-0.39, 0.29) is 6.61 Å². The van der Waals surface area contributed by atoms with Gasteiger partial charge in [-0.2, -0.15) is 0 Å². The van der Waals surface area contributed by atoms with Crippen LogP contribution in [0.15, 0.2) is 12.4 Å². The molecular formula is C13H22N4O2. The molecule has 0 bridgehead atoms. The Hall–Kier alpha value is -1.24. The number of aliphatic hydroxyl groups is 1. The first kappa shape index (κ1) is 14.2. The molecule has 1 aliphatic rings. The molecule has 1 aromatic rings. The molecule has 0 saturated carbocycles. The van der Waals surface area contributed by atoms with Gasteiger partial charge in [-0.1, -0.05) is 0 Å². The van der Waals surface area contributed by atoms with E-state index in [1.54, 1.807) is 0 Å². The Labute approximate surface area is 113 Å². The third kappa shape index (κ3) is 4.74. The van der Waals surface area contributed by atoms with E-state index in [2.05, 4.69) is 20.2 Å². The number of hydrogen-bond donors (Lipinski definition) is 2. The maximum atomic E-state index is 8.68. The van der Waals surface area contributed by atoms with Crippen molar-refractivity contribution in [1.29, 1.82) is 0 Å². The lowest BCUT2D eigenvalue weighted by atomic mass is 10.3. The van der Waals surface area contributed by atoms with Gasteiger partial charge in [0.2, 0.25) is 5.95 Å². The lowest BCUT2D eigenvalue weighted by Gasteiger charge is -2.26. The average Bonchev–Trinajstić information content (AvgIpc) is 2.49. The summed E-state index contributed by atoms with van der Waals surface area (Å²) in [5.74, 6) is 0.785. The Bertz CT molecular complexity index is 352. The first-order valence-corrected chi connectivity index (χ1v) is 6.85. The van der Waals surface area contributed by atoms with Crippen LogP contribution in [-0.2, 0) is 11.3 Å². The summed E-state index contributed by atoms with van der Waals surface area (Å²) < 4.78 is 5.31. The highest BCUT2D eigenvalue weighted by Crippen LogP contribution is 2.09. The molecule has 0 aliphatic carbocycles. The number of rotatable bonds is 7. The van der Waals surface area contributed by atoms with Gasteiger partial charge in [0.15, 0.2) is 0 Å². The molecule has 1 aliphatic heterocycles. The SMILES string of the molecule is OCCCCNCc1cnc(N2CCOCC2)nc1. The number of ether oxygens (including phenoxy) is 1. The summed E-state index contributed by atoms with van der Waals surface area (Å²) >= 11 is 0. The van der Waals surface area contributed by atoms with Crippen LogP contribution in [0.4, 0.5) is 5.95 Å². The number of anilines is 1. The molecule has 19 heavy (non-hydrogen) atoms. The van der Waals surface area contributed by atoms with E-state index in [1.807, 2.05) is 12.4 Å². The molecular weight excluding hydrogens is 244 g/mol. The highest BCUT2D eigenvalue weighted by molar-refractivity contribution is 5.30. The zero-order valence-corrected chi connectivity index (χ0v) is 11.2. The molecule has 1 aromatic heterocycles. The van der Waals surface area contributed by atoms with Crippen LogP contribution in [0.1, 0.15) is 18.4 Å². The molecule has 0 amide bonds. The second-order valence-electron chi connectivity index (χ2n) is 4.60. The Morgan fingerprint density at radius 1 is 1.21 bits per heavy atom. The summed E-state index contributed by atoms with van der Waals surface area (Å²) in [5.41, 5.74) is 1.08. The molecule has 6 nitrogen and oxygen atoms in total. The van der Waals surface area contributed by atoms with Crippen molar-refractivity contribution < 1.29 is 9.84 Å². The van der Waals surface area contributed by atoms with Gasteiger partial charge >= 0.3 is 0 Å². The van der Waals surface area contributed by atoms with Gasteiger partial charge in [0.05, 0.1) is 13.2 Å². The maximum Gasteiger partial charge on any atom is 0.225 e. The van der Waals surface area contributed by atoms with Crippen LogP contribution < -0.4 is 10.2 Å². The summed E-state index contributed by atoms with van der Waals surface area (Å²) in [7, 11) is 0. The molecule has 6 heteroatoms. The van der Waals surface area contributed by atoms with Gasteiger partial charge < -0.3 is 20.1 Å². The van der Waals surface area contributed by atoms with E-state index in [9.17, 15) is 0 Å². The van der Waals surface area contributed by atoms with Crippen molar-refractivity contribution in [3.63, 3.8) is 0 Å². The number of unbranched alkanes of at least 4 members (excludes halogenated alkanes) is 1. The van der Waals surface area contributed by atoms with Crippen LogP contribution in [0.2, 0.25) is 0 Å². The van der Waals surface area contributed by atoms with Crippen molar-refractivity contribution >= 4 is 5.95 Å². The Morgan fingerprint density at radius 2 is 1.95 bits per heavy atom. The van der Waals surface area contributed by atoms with Crippen molar-refractivity contribution in [3.8, 4) is 0 Å². The molecule has 2 rings (SSSR count).